The fourth-order valence-corrected chi connectivity index (χ4v) is 2.28. The van der Waals surface area contributed by atoms with Gasteiger partial charge in [0.2, 0.25) is 0 Å². The molecule has 1 fully saturated rings. The standard InChI is InChI=1S/C13H17F2NO/c14-10-5-3-4-9(13(10)15)8-16-11-6-1-2-7-12(11)17/h3-5,11-12,16-17H,1-2,6-8H2. The molecule has 0 heterocycles. The molecule has 1 aromatic rings. The zero-order valence-electron chi connectivity index (χ0n) is 9.63. The third kappa shape index (κ3) is 3.01. The average Bonchev–Trinajstić information content (AvgIpc) is 2.33. The minimum Gasteiger partial charge on any atom is -0.392 e. The maximum Gasteiger partial charge on any atom is 0.163 e. The Kier molecular flexibility index (Phi) is 4.07. The van der Waals surface area contributed by atoms with Crippen molar-refractivity contribution < 1.29 is 13.9 Å². The summed E-state index contributed by atoms with van der Waals surface area (Å²) in [5, 5.41) is 12.8. The van der Waals surface area contributed by atoms with Crippen LogP contribution in [0.3, 0.4) is 0 Å². The number of rotatable bonds is 3. The van der Waals surface area contributed by atoms with Gasteiger partial charge < -0.3 is 10.4 Å². The highest BCUT2D eigenvalue weighted by Crippen LogP contribution is 2.19. The van der Waals surface area contributed by atoms with Crippen LogP contribution in [-0.4, -0.2) is 17.3 Å². The van der Waals surface area contributed by atoms with Crippen molar-refractivity contribution in [2.75, 3.05) is 0 Å². The van der Waals surface area contributed by atoms with Crippen molar-refractivity contribution >= 4 is 0 Å². The summed E-state index contributed by atoms with van der Waals surface area (Å²) in [5.74, 6) is -1.63. The number of halogens is 2. The first kappa shape index (κ1) is 12.5. The molecule has 2 N–H and O–H groups in total. The molecule has 0 saturated heterocycles. The molecule has 0 bridgehead atoms. The highest BCUT2D eigenvalue weighted by Gasteiger charge is 2.22. The summed E-state index contributed by atoms with van der Waals surface area (Å²) >= 11 is 0. The largest absolute Gasteiger partial charge is 0.392 e. The summed E-state index contributed by atoms with van der Waals surface area (Å²) in [6, 6.07) is 4.15. The van der Waals surface area contributed by atoms with Gasteiger partial charge in [0.05, 0.1) is 6.10 Å². The first-order valence-electron chi connectivity index (χ1n) is 6.03. The number of hydrogen-bond acceptors (Lipinski definition) is 2. The first-order valence-corrected chi connectivity index (χ1v) is 6.03. The van der Waals surface area contributed by atoms with Crippen molar-refractivity contribution in [1.82, 2.24) is 5.32 Å². The Morgan fingerprint density at radius 3 is 2.76 bits per heavy atom. The van der Waals surface area contributed by atoms with Crippen LogP contribution < -0.4 is 5.32 Å². The van der Waals surface area contributed by atoms with E-state index in [-0.39, 0.29) is 18.7 Å². The van der Waals surface area contributed by atoms with Crippen LogP contribution in [0.2, 0.25) is 0 Å². The summed E-state index contributed by atoms with van der Waals surface area (Å²) in [5.41, 5.74) is 0.308. The molecular weight excluding hydrogens is 224 g/mol. The lowest BCUT2D eigenvalue weighted by Crippen LogP contribution is -2.41. The monoisotopic (exact) mass is 241 g/mol. The first-order chi connectivity index (χ1) is 8.18. The van der Waals surface area contributed by atoms with Gasteiger partial charge in [0.1, 0.15) is 0 Å². The molecule has 1 aliphatic rings. The molecule has 2 rings (SSSR count). The van der Waals surface area contributed by atoms with Crippen LogP contribution in [0.5, 0.6) is 0 Å². The van der Waals surface area contributed by atoms with E-state index in [2.05, 4.69) is 5.32 Å². The smallest absolute Gasteiger partial charge is 0.163 e. The van der Waals surface area contributed by atoms with Gasteiger partial charge in [-0.1, -0.05) is 25.0 Å². The van der Waals surface area contributed by atoms with E-state index in [0.717, 1.165) is 31.7 Å². The summed E-state index contributed by atoms with van der Waals surface area (Å²) in [7, 11) is 0. The van der Waals surface area contributed by atoms with E-state index in [9.17, 15) is 13.9 Å². The maximum absolute atomic E-state index is 13.4. The fraction of sp³-hybridized carbons (Fsp3) is 0.538. The SMILES string of the molecule is OC1CCCCC1NCc1cccc(F)c1F. The van der Waals surface area contributed by atoms with Gasteiger partial charge in [-0.15, -0.1) is 0 Å². The summed E-state index contributed by atoms with van der Waals surface area (Å²) in [6.45, 7) is 0.255. The van der Waals surface area contributed by atoms with Gasteiger partial charge in [-0.3, -0.25) is 0 Å². The molecule has 17 heavy (non-hydrogen) atoms. The predicted molar refractivity (Wildman–Crippen MR) is 61.5 cm³/mol. The van der Waals surface area contributed by atoms with E-state index in [4.69, 9.17) is 0 Å². The normalized spacial score (nSPS) is 24.9. The quantitative estimate of drug-likeness (QED) is 0.851. The van der Waals surface area contributed by atoms with Crippen LogP contribution in [0, 0.1) is 11.6 Å². The number of benzene rings is 1. The summed E-state index contributed by atoms with van der Waals surface area (Å²) < 4.78 is 26.3. The van der Waals surface area contributed by atoms with E-state index < -0.39 is 11.6 Å². The zero-order chi connectivity index (χ0) is 12.3. The van der Waals surface area contributed by atoms with Gasteiger partial charge in [-0.2, -0.15) is 0 Å². The molecule has 1 saturated carbocycles. The Bertz CT molecular complexity index is 384. The Morgan fingerprint density at radius 2 is 2.00 bits per heavy atom. The number of nitrogens with one attached hydrogen (secondary N) is 1. The van der Waals surface area contributed by atoms with Gasteiger partial charge in [-0.25, -0.2) is 8.78 Å². The lowest BCUT2D eigenvalue weighted by atomic mass is 9.92. The lowest BCUT2D eigenvalue weighted by molar-refractivity contribution is 0.0901. The third-order valence-corrected chi connectivity index (χ3v) is 3.32. The van der Waals surface area contributed by atoms with Gasteiger partial charge in [0.25, 0.3) is 0 Å². The van der Waals surface area contributed by atoms with Crippen molar-refractivity contribution in [3.63, 3.8) is 0 Å². The van der Waals surface area contributed by atoms with Crippen molar-refractivity contribution in [2.45, 2.75) is 44.4 Å². The van der Waals surface area contributed by atoms with Crippen molar-refractivity contribution in [3.05, 3.63) is 35.4 Å². The minimum atomic E-state index is -0.825. The molecule has 2 nitrogen and oxygen atoms in total. The van der Waals surface area contributed by atoms with Crippen LogP contribution in [0.1, 0.15) is 31.2 Å². The van der Waals surface area contributed by atoms with E-state index in [1.54, 1.807) is 6.07 Å². The van der Waals surface area contributed by atoms with Crippen molar-refractivity contribution in [1.29, 1.82) is 0 Å². The highest BCUT2D eigenvalue weighted by molar-refractivity contribution is 5.18. The Hall–Kier alpha value is -1.00. The maximum atomic E-state index is 13.4. The molecule has 0 aromatic heterocycles. The third-order valence-electron chi connectivity index (χ3n) is 3.32. The number of hydrogen-bond donors (Lipinski definition) is 2. The molecular formula is C13H17F2NO. The Morgan fingerprint density at radius 1 is 1.24 bits per heavy atom. The van der Waals surface area contributed by atoms with Crippen LogP contribution in [0.15, 0.2) is 18.2 Å². The lowest BCUT2D eigenvalue weighted by Gasteiger charge is -2.28. The molecule has 2 atom stereocenters. The molecule has 1 aliphatic carbocycles. The van der Waals surface area contributed by atoms with Crippen molar-refractivity contribution in [3.8, 4) is 0 Å². The number of aliphatic hydroxyl groups excluding tert-OH is 1. The predicted octanol–water partition coefficient (Wildman–Crippen LogP) is 2.36. The Balaban J connectivity index is 1.95. The Labute approximate surface area is 99.7 Å². The molecule has 94 valence electrons. The van der Waals surface area contributed by atoms with Crippen LogP contribution >= 0.6 is 0 Å². The van der Waals surface area contributed by atoms with E-state index >= 15 is 0 Å². The van der Waals surface area contributed by atoms with Gasteiger partial charge >= 0.3 is 0 Å². The van der Waals surface area contributed by atoms with Crippen LogP contribution in [0.4, 0.5) is 8.78 Å². The van der Waals surface area contributed by atoms with Gasteiger partial charge in [0.15, 0.2) is 11.6 Å². The van der Waals surface area contributed by atoms with Crippen LogP contribution in [-0.2, 0) is 6.54 Å². The second-order valence-corrected chi connectivity index (χ2v) is 4.55. The summed E-state index contributed by atoms with van der Waals surface area (Å²) in [6.07, 6.45) is 3.40. The summed E-state index contributed by atoms with van der Waals surface area (Å²) in [4.78, 5) is 0. The highest BCUT2D eigenvalue weighted by atomic mass is 19.2. The zero-order valence-corrected chi connectivity index (χ0v) is 9.63. The molecule has 4 heteroatoms. The molecule has 0 amide bonds. The second kappa shape index (κ2) is 5.56. The van der Waals surface area contributed by atoms with E-state index in [1.165, 1.54) is 6.07 Å². The van der Waals surface area contributed by atoms with Gasteiger partial charge in [0, 0.05) is 18.2 Å². The second-order valence-electron chi connectivity index (χ2n) is 4.55. The van der Waals surface area contributed by atoms with Crippen LogP contribution in [0.25, 0.3) is 0 Å². The van der Waals surface area contributed by atoms with Gasteiger partial charge in [-0.05, 0) is 18.9 Å². The molecule has 1 aromatic carbocycles. The number of aliphatic hydroxyl groups is 1. The van der Waals surface area contributed by atoms with Crippen molar-refractivity contribution in [2.24, 2.45) is 0 Å². The average molecular weight is 241 g/mol. The minimum absolute atomic E-state index is 0.00795. The molecule has 0 spiro atoms. The molecule has 2 unspecified atom stereocenters. The molecule has 0 aliphatic heterocycles. The molecule has 0 radical (unpaired) electrons. The van der Waals surface area contributed by atoms with E-state index in [0.29, 0.717) is 5.56 Å². The fourth-order valence-electron chi connectivity index (χ4n) is 2.28. The topological polar surface area (TPSA) is 32.3 Å². The van der Waals surface area contributed by atoms with E-state index in [1.807, 2.05) is 0 Å².